The van der Waals surface area contributed by atoms with Crippen molar-refractivity contribution >= 4 is 17.2 Å². The average molecular weight is 385 g/mol. The van der Waals surface area contributed by atoms with Crippen LogP contribution in [0.5, 0.6) is 0 Å². The van der Waals surface area contributed by atoms with Crippen molar-refractivity contribution < 1.29 is 4.79 Å². The third-order valence-electron chi connectivity index (χ3n) is 5.15. The summed E-state index contributed by atoms with van der Waals surface area (Å²) in [5, 5.41) is 6.14. The second-order valence-corrected chi connectivity index (χ2v) is 7.13. The van der Waals surface area contributed by atoms with E-state index in [1.807, 2.05) is 61.5 Å². The highest BCUT2D eigenvalue weighted by Crippen LogP contribution is 2.23. The number of amides is 1. The summed E-state index contributed by atoms with van der Waals surface area (Å²) in [6, 6.07) is 19.1. The molecule has 0 spiro atoms. The summed E-state index contributed by atoms with van der Waals surface area (Å²) in [4.78, 5) is 27.9. The first-order valence-corrected chi connectivity index (χ1v) is 9.73. The van der Waals surface area contributed by atoms with Crippen LogP contribution in [0.15, 0.2) is 71.5 Å². The molecule has 3 N–H and O–H groups in total. The Morgan fingerprint density at radius 3 is 2.45 bits per heavy atom. The molecule has 0 unspecified atom stereocenters. The first-order valence-electron chi connectivity index (χ1n) is 9.73. The van der Waals surface area contributed by atoms with Crippen LogP contribution >= 0.6 is 0 Å². The Labute approximate surface area is 169 Å². The molecule has 0 bridgehead atoms. The maximum atomic E-state index is 12.8. The fourth-order valence-electron chi connectivity index (χ4n) is 3.56. The molecule has 0 saturated carbocycles. The minimum absolute atomic E-state index is 0.0968. The number of carbonyl (C=O) groups is 1. The monoisotopic (exact) mass is 385 g/mol. The van der Waals surface area contributed by atoms with E-state index in [-0.39, 0.29) is 5.56 Å². The van der Waals surface area contributed by atoms with Crippen molar-refractivity contribution in [2.45, 2.75) is 13.3 Å². The lowest BCUT2D eigenvalue weighted by molar-refractivity contribution is 0.102. The number of aryl methyl sites for hydroxylation is 1. The van der Waals surface area contributed by atoms with E-state index in [0.29, 0.717) is 5.69 Å². The van der Waals surface area contributed by atoms with E-state index in [9.17, 15) is 9.59 Å². The highest BCUT2D eigenvalue weighted by atomic mass is 16.2. The van der Waals surface area contributed by atoms with Crippen LogP contribution in [0.3, 0.4) is 0 Å². The van der Waals surface area contributed by atoms with E-state index in [4.69, 9.17) is 0 Å². The van der Waals surface area contributed by atoms with Gasteiger partial charge in [0, 0.05) is 23.5 Å². The number of aromatic nitrogens is 1. The minimum Gasteiger partial charge on any atom is -0.325 e. The molecule has 1 aliphatic heterocycles. The van der Waals surface area contributed by atoms with Gasteiger partial charge in [0.15, 0.2) is 0 Å². The predicted molar refractivity (Wildman–Crippen MR) is 117 cm³/mol. The van der Waals surface area contributed by atoms with Gasteiger partial charge in [-0.15, -0.1) is 0 Å². The highest BCUT2D eigenvalue weighted by molar-refractivity contribution is 6.04. The molecule has 5 nitrogen and oxygen atoms in total. The first-order chi connectivity index (χ1) is 14.1. The van der Waals surface area contributed by atoms with E-state index in [2.05, 4.69) is 21.7 Å². The van der Waals surface area contributed by atoms with Gasteiger partial charge in [-0.25, -0.2) is 0 Å². The molecule has 0 radical (unpaired) electrons. The second kappa shape index (κ2) is 8.29. The van der Waals surface area contributed by atoms with Crippen LogP contribution in [0.2, 0.25) is 0 Å². The van der Waals surface area contributed by atoms with Gasteiger partial charge in [-0.2, -0.15) is 0 Å². The number of carbonyl (C=O) groups excluding carboxylic acids is 1. The standard InChI is InChI=1S/C24H23N3O2/c1-16-21(19-5-3-2-4-6-19)15-22(23(28)26-16)24(29)27-20-9-7-17(8-10-20)18-11-13-25-14-12-18/h2-11,15,25H,12-14H2,1H3,(H,26,28)(H,27,29). The van der Waals surface area contributed by atoms with E-state index in [1.54, 1.807) is 6.07 Å². The number of anilines is 1. The molecule has 3 aromatic rings. The van der Waals surface area contributed by atoms with Crippen molar-refractivity contribution in [2.24, 2.45) is 0 Å². The molecule has 0 atom stereocenters. The lowest BCUT2D eigenvalue weighted by Crippen LogP contribution is -2.24. The largest absolute Gasteiger partial charge is 0.325 e. The molecule has 4 rings (SSSR count). The van der Waals surface area contributed by atoms with Gasteiger partial charge >= 0.3 is 0 Å². The summed E-state index contributed by atoms with van der Waals surface area (Å²) in [5.74, 6) is -0.419. The van der Waals surface area contributed by atoms with Gasteiger partial charge in [0.2, 0.25) is 0 Å². The minimum atomic E-state index is -0.419. The van der Waals surface area contributed by atoms with Crippen LogP contribution in [0, 0.1) is 6.92 Å². The van der Waals surface area contributed by atoms with Crippen molar-refractivity contribution in [1.82, 2.24) is 10.3 Å². The van der Waals surface area contributed by atoms with E-state index in [1.165, 1.54) is 5.57 Å². The molecule has 5 heteroatoms. The van der Waals surface area contributed by atoms with Crippen LogP contribution in [0.1, 0.15) is 28.0 Å². The fraction of sp³-hybridized carbons (Fsp3) is 0.167. The average Bonchev–Trinajstić information content (AvgIpc) is 2.75. The lowest BCUT2D eigenvalue weighted by atomic mass is 10.00. The highest BCUT2D eigenvalue weighted by Gasteiger charge is 2.15. The maximum absolute atomic E-state index is 12.8. The molecule has 2 heterocycles. The first kappa shape index (κ1) is 18.9. The van der Waals surface area contributed by atoms with Gasteiger partial charge in [-0.1, -0.05) is 48.5 Å². The maximum Gasteiger partial charge on any atom is 0.261 e. The smallest absolute Gasteiger partial charge is 0.261 e. The number of pyridine rings is 1. The molecular weight excluding hydrogens is 362 g/mol. The van der Waals surface area contributed by atoms with Gasteiger partial charge in [0.25, 0.3) is 11.5 Å². The zero-order chi connectivity index (χ0) is 20.2. The van der Waals surface area contributed by atoms with Gasteiger partial charge in [0.05, 0.1) is 0 Å². The lowest BCUT2D eigenvalue weighted by Gasteiger charge is -2.14. The molecule has 0 aliphatic carbocycles. The Kier molecular flexibility index (Phi) is 5.40. The van der Waals surface area contributed by atoms with Crippen LogP contribution in [0.25, 0.3) is 16.7 Å². The Morgan fingerprint density at radius 1 is 1.00 bits per heavy atom. The topological polar surface area (TPSA) is 74.0 Å². The zero-order valence-electron chi connectivity index (χ0n) is 16.3. The van der Waals surface area contributed by atoms with Crippen LogP contribution < -0.4 is 16.2 Å². The van der Waals surface area contributed by atoms with Gasteiger partial charge in [-0.3, -0.25) is 9.59 Å². The van der Waals surface area contributed by atoms with E-state index >= 15 is 0 Å². The normalized spacial score (nSPS) is 13.6. The molecule has 1 amide bonds. The molecular formula is C24H23N3O2. The van der Waals surface area contributed by atoms with Gasteiger partial charge in [-0.05, 0) is 54.8 Å². The number of aromatic amines is 1. The van der Waals surface area contributed by atoms with Crippen molar-refractivity contribution in [3.05, 3.63) is 93.9 Å². The fourth-order valence-corrected chi connectivity index (χ4v) is 3.56. The molecule has 0 saturated heterocycles. The molecule has 0 fully saturated rings. The summed E-state index contributed by atoms with van der Waals surface area (Å²) >= 11 is 0. The molecule has 1 aliphatic rings. The SMILES string of the molecule is Cc1[nH]c(=O)c(C(=O)Nc2ccc(C3=CCNCC3)cc2)cc1-c1ccccc1. The Hall–Kier alpha value is -3.44. The number of hydrogen-bond donors (Lipinski definition) is 3. The van der Waals surface area contributed by atoms with Gasteiger partial charge < -0.3 is 15.6 Å². The van der Waals surface area contributed by atoms with Crippen LogP contribution in [-0.4, -0.2) is 24.0 Å². The summed E-state index contributed by atoms with van der Waals surface area (Å²) in [6.07, 6.45) is 3.18. The van der Waals surface area contributed by atoms with E-state index in [0.717, 1.165) is 41.9 Å². The molecule has 1 aromatic heterocycles. The number of nitrogens with one attached hydrogen (secondary N) is 3. The van der Waals surface area contributed by atoms with Crippen molar-refractivity contribution in [1.29, 1.82) is 0 Å². The van der Waals surface area contributed by atoms with Crippen molar-refractivity contribution in [2.75, 3.05) is 18.4 Å². The van der Waals surface area contributed by atoms with Crippen molar-refractivity contribution in [3.8, 4) is 11.1 Å². The molecule has 29 heavy (non-hydrogen) atoms. The quantitative estimate of drug-likeness (QED) is 0.636. The molecule has 2 aromatic carbocycles. The van der Waals surface area contributed by atoms with Crippen LogP contribution in [-0.2, 0) is 0 Å². The Balaban J connectivity index is 1.57. The number of hydrogen-bond acceptors (Lipinski definition) is 3. The third kappa shape index (κ3) is 4.20. The Morgan fingerprint density at radius 2 is 1.76 bits per heavy atom. The van der Waals surface area contributed by atoms with Crippen LogP contribution in [0.4, 0.5) is 5.69 Å². The zero-order valence-corrected chi connectivity index (χ0v) is 16.3. The second-order valence-electron chi connectivity index (χ2n) is 7.13. The predicted octanol–water partition coefficient (Wildman–Crippen LogP) is 3.98. The summed E-state index contributed by atoms with van der Waals surface area (Å²) in [5.41, 5.74) is 5.36. The third-order valence-corrected chi connectivity index (χ3v) is 5.15. The number of rotatable bonds is 4. The van der Waals surface area contributed by atoms with Gasteiger partial charge in [0.1, 0.15) is 5.56 Å². The summed E-state index contributed by atoms with van der Waals surface area (Å²) < 4.78 is 0. The molecule has 146 valence electrons. The summed E-state index contributed by atoms with van der Waals surface area (Å²) in [7, 11) is 0. The van der Waals surface area contributed by atoms with Crippen molar-refractivity contribution in [3.63, 3.8) is 0 Å². The Bertz CT molecular complexity index is 1110. The number of H-pyrrole nitrogens is 1. The number of benzene rings is 2. The summed E-state index contributed by atoms with van der Waals surface area (Å²) in [6.45, 7) is 3.69. The van der Waals surface area contributed by atoms with E-state index < -0.39 is 11.5 Å².